The van der Waals surface area contributed by atoms with Gasteiger partial charge in [0.25, 0.3) is 0 Å². The Labute approximate surface area is 120 Å². The number of aryl methyl sites for hydroxylation is 1. The largest absolute Gasteiger partial charge is 0.383 e. The van der Waals surface area contributed by atoms with Crippen molar-refractivity contribution in [2.24, 2.45) is 7.05 Å². The molecule has 0 spiro atoms. The normalized spacial score (nSPS) is 12.1. The van der Waals surface area contributed by atoms with E-state index >= 15 is 0 Å². The van der Waals surface area contributed by atoms with Crippen molar-refractivity contribution in [2.75, 3.05) is 5.73 Å². The summed E-state index contributed by atoms with van der Waals surface area (Å²) in [6.45, 7) is 9.62. The molecule has 2 aromatic rings. The molecule has 2 N–H and O–H groups in total. The average Bonchev–Trinajstić information content (AvgIpc) is 2.90. The Hall–Kier alpha value is -1.78. The van der Waals surface area contributed by atoms with E-state index in [-0.39, 0.29) is 5.41 Å². The van der Waals surface area contributed by atoms with E-state index in [9.17, 15) is 0 Å². The maximum atomic E-state index is 6.35. The lowest BCUT2D eigenvalue weighted by Crippen LogP contribution is -2.20. The number of anilines is 1. The predicted molar refractivity (Wildman–Crippen MR) is 82.4 cm³/mol. The molecular weight excluding hydrogens is 250 g/mol. The first-order valence-electron chi connectivity index (χ1n) is 7.20. The van der Waals surface area contributed by atoms with Crippen LogP contribution in [0.25, 0.3) is 11.3 Å². The molecule has 0 atom stereocenters. The third kappa shape index (κ3) is 2.71. The van der Waals surface area contributed by atoms with Gasteiger partial charge in [0.15, 0.2) is 0 Å². The fourth-order valence-electron chi connectivity index (χ4n) is 2.34. The number of hydrogen-bond donors (Lipinski definition) is 1. The van der Waals surface area contributed by atoms with Gasteiger partial charge >= 0.3 is 0 Å². The van der Waals surface area contributed by atoms with Crippen molar-refractivity contribution < 1.29 is 0 Å². The molecule has 0 unspecified atom stereocenters. The Kier molecular flexibility index (Phi) is 3.88. The van der Waals surface area contributed by atoms with Crippen LogP contribution >= 0.6 is 0 Å². The van der Waals surface area contributed by atoms with E-state index in [1.54, 1.807) is 4.68 Å². The zero-order chi connectivity index (χ0) is 14.9. The summed E-state index contributed by atoms with van der Waals surface area (Å²) in [6.07, 6.45) is 6.02. The topological polar surface area (TPSA) is 61.7 Å². The molecule has 2 aromatic heterocycles. The first kappa shape index (κ1) is 14.6. The smallest absolute Gasteiger partial charge is 0.131 e. The van der Waals surface area contributed by atoms with E-state index in [1.165, 1.54) is 0 Å². The second-order valence-corrected chi connectivity index (χ2v) is 6.33. The van der Waals surface area contributed by atoms with Crippen LogP contribution in [0.1, 0.15) is 46.4 Å². The minimum atomic E-state index is -0.0255. The van der Waals surface area contributed by atoms with Crippen molar-refractivity contribution in [3.63, 3.8) is 0 Å². The molecule has 0 amide bonds. The second kappa shape index (κ2) is 5.31. The highest BCUT2D eigenvalue weighted by atomic mass is 15.2. The molecule has 110 valence electrons. The number of hydrogen-bond acceptors (Lipinski definition) is 3. The molecule has 0 aromatic carbocycles. The van der Waals surface area contributed by atoms with E-state index in [4.69, 9.17) is 10.7 Å². The van der Waals surface area contributed by atoms with Gasteiger partial charge in [-0.15, -0.1) is 0 Å². The van der Waals surface area contributed by atoms with E-state index in [0.29, 0.717) is 0 Å². The maximum Gasteiger partial charge on any atom is 0.131 e. The Balaban J connectivity index is 2.52. The zero-order valence-corrected chi connectivity index (χ0v) is 13.1. The van der Waals surface area contributed by atoms with Crippen LogP contribution < -0.4 is 5.73 Å². The van der Waals surface area contributed by atoms with Crippen molar-refractivity contribution >= 4 is 5.82 Å². The van der Waals surface area contributed by atoms with E-state index in [0.717, 1.165) is 42.3 Å². The van der Waals surface area contributed by atoms with Crippen LogP contribution in [0.3, 0.4) is 0 Å². The Morgan fingerprint density at radius 2 is 2.00 bits per heavy atom. The summed E-state index contributed by atoms with van der Waals surface area (Å²) >= 11 is 0. The van der Waals surface area contributed by atoms with Crippen LogP contribution in [0.4, 0.5) is 5.82 Å². The molecule has 2 heterocycles. The molecule has 5 nitrogen and oxygen atoms in total. The second-order valence-electron chi connectivity index (χ2n) is 6.33. The van der Waals surface area contributed by atoms with Crippen LogP contribution in [0.2, 0.25) is 0 Å². The first-order valence-corrected chi connectivity index (χ1v) is 7.20. The summed E-state index contributed by atoms with van der Waals surface area (Å²) in [4.78, 5) is 4.80. The highest BCUT2D eigenvalue weighted by Gasteiger charge is 2.25. The van der Waals surface area contributed by atoms with Gasteiger partial charge < -0.3 is 10.3 Å². The molecular formula is C15H25N5. The van der Waals surface area contributed by atoms with Crippen LogP contribution in [-0.4, -0.2) is 19.3 Å². The number of aromatic nitrogens is 4. The molecule has 0 saturated carbocycles. The van der Waals surface area contributed by atoms with E-state index in [1.807, 2.05) is 19.4 Å². The quantitative estimate of drug-likeness (QED) is 0.933. The number of unbranched alkanes of at least 4 members (excludes halogenated alkanes) is 1. The molecule has 0 saturated heterocycles. The lowest BCUT2D eigenvalue weighted by Gasteiger charge is -2.20. The van der Waals surface area contributed by atoms with Gasteiger partial charge in [-0.3, -0.25) is 4.68 Å². The minimum Gasteiger partial charge on any atom is -0.383 e. The van der Waals surface area contributed by atoms with E-state index in [2.05, 4.69) is 37.4 Å². The summed E-state index contributed by atoms with van der Waals surface area (Å²) < 4.78 is 3.93. The van der Waals surface area contributed by atoms with Gasteiger partial charge in [0.2, 0.25) is 0 Å². The van der Waals surface area contributed by atoms with Crippen molar-refractivity contribution in [3.8, 4) is 11.3 Å². The van der Waals surface area contributed by atoms with Crippen LogP contribution in [0.5, 0.6) is 0 Å². The highest BCUT2D eigenvalue weighted by molar-refractivity contribution is 5.70. The first-order chi connectivity index (χ1) is 9.34. The van der Waals surface area contributed by atoms with Crippen molar-refractivity contribution in [3.05, 3.63) is 18.2 Å². The van der Waals surface area contributed by atoms with Gasteiger partial charge in [-0.1, -0.05) is 34.1 Å². The Morgan fingerprint density at radius 3 is 2.50 bits per heavy atom. The molecule has 0 aliphatic rings. The summed E-state index contributed by atoms with van der Waals surface area (Å²) in [5, 5.41) is 4.21. The summed E-state index contributed by atoms with van der Waals surface area (Å²) in [5.74, 6) is 1.79. The minimum absolute atomic E-state index is 0.0255. The summed E-state index contributed by atoms with van der Waals surface area (Å²) in [6, 6.07) is 0. The predicted octanol–water partition coefficient (Wildman–Crippen LogP) is 2.96. The molecule has 0 radical (unpaired) electrons. The average molecular weight is 275 g/mol. The fourth-order valence-corrected chi connectivity index (χ4v) is 2.34. The number of nitrogens with zero attached hydrogens (tertiary/aromatic N) is 4. The van der Waals surface area contributed by atoms with Gasteiger partial charge in [-0.05, 0) is 6.42 Å². The van der Waals surface area contributed by atoms with Crippen molar-refractivity contribution in [1.29, 1.82) is 0 Å². The van der Waals surface area contributed by atoms with Gasteiger partial charge in [0.1, 0.15) is 17.3 Å². The lowest BCUT2D eigenvalue weighted by atomic mass is 9.95. The Morgan fingerprint density at radius 1 is 1.30 bits per heavy atom. The summed E-state index contributed by atoms with van der Waals surface area (Å²) in [7, 11) is 1.90. The SMILES string of the molecule is CCCCn1c(C(C)(C)C)nc(-c2cnn(C)c2)c1N. The number of imidazole rings is 1. The number of nitrogens with two attached hydrogens (primary N) is 1. The number of nitrogen functional groups attached to an aromatic ring is 1. The fraction of sp³-hybridized carbons (Fsp3) is 0.600. The highest BCUT2D eigenvalue weighted by Crippen LogP contribution is 2.31. The molecule has 0 bridgehead atoms. The van der Waals surface area contributed by atoms with Gasteiger partial charge in [-0.25, -0.2) is 4.98 Å². The van der Waals surface area contributed by atoms with Gasteiger partial charge in [0, 0.05) is 30.8 Å². The third-order valence-corrected chi connectivity index (χ3v) is 3.39. The molecule has 2 rings (SSSR count). The molecule has 5 heteroatoms. The van der Waals surface area contributed by atoms with Crippen LogP contribution in [0.15, 0.2) is 12.4 Å². The van der Waals surface area contributed by atoms with Crippen LogP contribution in [0, 0.1) is 0 Å². The Bertz CT molecular complexity index is 586. The lowest BCUT2D eigenvalue weighted by molar-refractivity contribution is 0.491. The third-order valence-electron chi connectivity index (χ3n) is 3.39. The standard InChI is InChI=1S/C15H25N5/c1-6-7-8-20-13(16)12(11-9-17-19(5)10-11)18-14(20)15(2,3)4/h9-10H,6-8,16H2,1-5H3. The van der Waals surface area contributed by atoms with Gasteiger partial charge in [-0.2, -0.15) is 5.10 Å². The maximum absolute atomic E-state index is 6.35. The molecule has 0 fully saturated rings. The molecule has 20 heavy (non-hydrogen) atoms. The number of rotatable bonds is 4. The summed E-state index contributed by atoms with van der Waals surface area (Å²) in [5.41, 5.74) is 8.14. The van der Waals surface area contributed by atoms with Crippen LogP contribution in [-0.2, 0) is 19.0 Å². The van der Waals surface area contributed by atoms with Gasteiger partial charge in [0.05, 0.1) is 6.20 Å². The van der Waals surface area contributed by atoms with E-state index < -0.39 is 0 Å². The molecule has 0 aliphatic carbocycles. The van der Waals surface area contributed by atoms with Crippen molar-refractivity contribution in [2.45, 2.75) is 52.5 Å². The monoisotopic (exact) mass is 275 g/mol. The van der Waals surface area contributed by atoms with Crippen molar-refractivity contribution in [1.82, 2.24) is 19.3 Å². The molecule has 0 aliphatic heterocycles. The zero-order valence-electron chi connectivity index (χ0n) is 13.1.